The molecule has 158 valence electrons. The van der Waals surface area contributed by atoms with E-state index in [0.29, 0.717) is 13.0 Å². The third-order valence-corrected chi connectivity index (χ3v) is 5.40. The molecule has 0 aliphatic heterocycles. The first-order valence-corrected chi connectivity index (χ1v) is 10.5. The highest BCUT2D eigenvalue weighted by atomic mass is 127. The third kappa shape index (κ3) is 7.00. The molecule has 0 spiro atoms. The van der Waals surface area contributed by atoms with Gasteiger partial charge in [-0.1, -0.05) is 66.8 Å². The van der Waals surface area contributed by atoms with Crippen molar-refractivity contribution in [2.45, 2.75) is 50.1 Å². The van der Waals surface area contributed by atoms with E-state index >= 15 is 0 Å². The van der Waals surface area contributed by atoms with Gasteiger partial charge in [-0.25, -0.2) is 14.6 Å². The normalized spacial score (nSPS) is 13.2. The molecule has 2 atom stereocenters. The van der Waals surface area contributed by atoms with Crippen LogP contribution in [0.5, 0.6) is 0 Å². The second-order valence-corrected chi connectivity index (χ2v) is 8.57. The standard InChI is InChI=1S/C20H26IN3O5/c1-14(2)8-17(19(25)26)24(20(27)28)18(21)9-16-10-22-12-23(16)13-29-11-15-6-4-3-5-7-15/h3-7,10,12,14,17-18H,8-9,11,13H2,1-2H3,(H,25,26)(H,27,28). The minimum Gasteiger partial charge on any atom is -0.480 e. The van der Waals surface area contributed by atoms with Gasteiger partial charge in [0.25, 0.3) is 0 Å². The highest BCUT2D eigenvalue weighted by Gasteiger charge is 2.35. The van der Waals surface area contributed by atoms with Gasteiger partial charge in [0, 0.05) is 18.3 Å². The van der Waals surface area contributed by atoms with Crippen molar-refractivity contribution >= 4 is 34.7 Å². The minimum atomic E-state index is -1.25. The van der Waals surface area contributed by atoms with Gasteiger partial charge in [0.2, 0.25) is 0 Å². The van der Waals surface area contributed by atoms with E-state index in [4.69, 9.17) is 4.74 Å². The average molecular weight is 515 g/mol. The maximum Gasteiger partial charge on any atom is 0.408 e. The molecule has 2 N–H and O–H groups in total. The Kier molecular flexibility index (Phi) is 8.90. The lowest BCUT2D eigenvalue weighted by Crippen LogP contribution is -2.49. The summed E-state index contributed by atoms with van der Waals surface area (Å²) >= 11 is 1.98. The SMILES string of the molecule is CC(C)CC(C(=O)O)N(C(=O)O)C(I)Cc1cncn1COCc1ccccc1. The first kappa shape index (κ1) is 23.1. The summed E-state index contributed by atoms with van der Waals surface area (Å²) in [6, 6.07) is 8.68. The maximum absolute atomic E-state index is 11.8. The van der Waals surface area contributed by atoms with Crippen molar-refractivity contribution in [1.29, 1.82) is 0 Å². The smallest absolute Gasteiger partial charge is 0.408 e. The number of amides is 1. The first-order valence-electron chi connectivity index (χ1n) is 9.28. The number of hydrogen-bond donors (Lipinski definition) is 2. The van der Waals surface area contributed by atoms with Crippen LogP contribution in [-0.4, -0.2) is 46.8 Å². The number of aromatic nitrogens is 2. The largest absolute Gasteiger partial charge is 0.480 e. The molecule has 1 heterocycles. The Hall–Kier alpha value is -2.14. The zero-order valence-electron chi connectivity index (χ0n) is 16.4. The molecule has 0 radical (unpaired) electrons. The molecule has 9 heteroatoms. The number of nitrogens with zero attached hydrogens (tertiary/aromatic N) is 3. The van der Waals surface area contributed by atoms with E-state index in [-0.39, 0.29) is 19.1 Å². The van der Waals surface area contributed by atoms with Gasteiger partial charge in [0.15, 0.2) is 0 Å². The van der Waals surface area contributed by atoms with Crippen molar-refractivity contribution in [3.05, 3.63) is 54.1 Å². The van der Waals surface area contributed by atoms with Gasteiger partial charge in [-0.2, -0.15) is 0 Å². The summed E-state index contributed by atoms with van der Waals surface area (Å²) in [7, 11) is 0. The van der Waals surface area contributed by atoms with Crippen LogP contribution in [0.1, 0.15) is 31.5 Å². The molecule has 0 saturated heterocycles. The number of carbonyl (C=O) groups is 2. The van der Waals surface area contributed by atoms with Crippen molar-refractivity contribution in [2.75, 3.05) is 0 Å². The van der Waals surface area contributed by atoms with Crippen LogP contribution in [0.2, 0.25) is 0 Å². The van der Waals surface area contributed by atoms with Gasteiger partial charge >= 0.3 is 12.1 Å². The molecular weight excluding hydrogens is 489 g/mol. The van der Waals surface area contributed by atoms with Crippen molar-refractivity contribution in [2.24, 2.45) is 5.92 Å². The van der Waals surface area contributed by atoms with Gasteiger partial charge in [0.1, 0.15) is 12.8 Å². The molecule has 1 aromatic heterocycles. The Morgan fingerprint density at radius 2 is 1.93 bits per heavy atom. The fourth-order valence-electron chi connectivity index (χ4n) is 2.97. The van der Waals surface area contributed by atoms with Crippen molar-refractivity contribution in [3.8, 4) is 0 Å². The third-order valence-electron chi connectivity index (χ3n) is 4.36. The van der Waals surface area contributed by atoms with Crippen LogP contribution < -0.4 is 0 Å². The number of aliphatic carboxylic acids is 1. The van der Waals surface area contributed by atoms with Crippen LogP contribution in [0.3, 0.4) is 0 Å². The molecule has 1 amide bonds. The fraction of sp³-hybridized carbons (Fsp3) is 0.450. The van der Waals surface area contributed by atoms with Crippen LogP contribution in [0, 0.1) is 5.92 Å². The van der Waals surface area contributed by atoms with E-state index < -0.39 is 22.2 Å². The second-order valence-electron chi connectivity index (χ2n) is 7.13. The van der Waals surface area contributed by atoms with Crippen molar-refractivity contribution in [3.63, 3.8) is 0 Å². The predicted octanol–water partition coefficient (Wildman–Crippen LogP) is 3.84. The number of halogens is 1. The molecule has 2 aromatic rings. The van der Waals surface area contributed by atoms with Crippen molar-refractivity contribution in [1.82, 2.24) is 14.5 Å². The number of carboxylic acid groups (broad SMARTS) is 2. The van der Waals surface area contributed by atoms with E-state index in [1.54, 1.807) is 17.1 Å². The molecule has 0 bridgehead atoms. The molecule has 8 nitrogen and oxygen atoms in total. The lowest BCUT2D eigenvalue weighted by molar-refractivity contribution is -0.143. The Labute approximate surface area is 183 Å². The number of benzene rings is 1. The number of carboxylic acids is 1. The van der Waals surface area contributed by atoms with Crippen molar-refractivity contribution < 1.29 is 24.5 Å². The van der Waals surface area contributed by atoms with E-state index in [1.165, 1.54) is 0 Å². The van der Waals surface area contributed by atoms with Crippen LogP contribution in [-0.2, 0) is 29.3 Å². The van der Waals surface area contributed by atoms with Gasteiger partial charge in [-0.3, -0.25) is 4.90 Å². The van der Waals surface area contributed by atoms with E-state index in [2.05, 4.69) is 4.98 Å². The Morgan fingerprint density at radius 3 is 2.52 bits per heavy atom. The molecule has 0 fully saturated rings. The van der Waals surface area contributed by atoms with Crippen LogP contribution in [0.25, 0.3) is 0 Å². The monoisotopic (exact) mass is 515 g/mol. The quantitative estimate of drug-likeness (QED) is 0.268. The molecule has 2 unspecified atom stereocenters. The zero-order chi connectivity index (χ0) is 21.4. The summed E-state index contributed by atoms with van der Waals surface area (Å²) in [5.41, 5.74) is 1.83. The number of hydrogen-bond acceptors (Lipinski definition) is 4. The molecule has 0 aliphatic rings. The van der Waals surface area contributed by atoms with E-state index in [9.17, 15) is 19.8 Å². The molecule has 0 saturated carbocycles. The van der Waals surface area contributed by atoms with E-state index in [0.717, 1.165) is 16.2 Å². The topological polar surface area (TPSA) is 105 Å². The lowest BCUT2D eigenvalue weighted by atomic mass is 10.0. The van der Waals surface area contributed by atoms with E-state index in [1.807, 2.05) is 66.8 Å². The average Bonchev–Trinajstić information content (AvgIpc) is 3.08. The predicted molar refractivity (Wildman–Crippen MR) is 116 cm³/mol. The Morgan fingerprint density at radius 1 is 1.24 bits per heavy atom. The van der Waals surface area contributed by atoms with Crippen LogP contribution in [0.4, 0.5) is 4.79 Å². The Bertz CT molecular complexity index is 796. The molecule has 0 aliphatic carbocycles. The van der Waals surface area contributed by atoms with Gasteiger partial charge < -0.3 is 19.5 Å². The molecule has 1 aromatic carbocycles. The second kappa shape index (κ2) is 11.1. The van der Waals surface area contributed by atoms with Gasteiger partial charge in [0.05, 0.1) is 17.0 Å². The maximum atomic E-state index is 11.8. The van der Waals surface area contributed by atoms with Crippen LogP contribution >= 0.6 is 22.6 Å². The minimum absolute atomic E-state index is 0.0541. The summed E-state index contributed by atoms with van der Waals surface area (Å²) in [5, 5.41) is 19.2. The highest BCUT2D eigenvalue weighted by Crippen LogP contribution is 2.22. The number of imidazole rings is 1. The molecule has 2 rings (SSSR count). The number of ether oxygens (including phenoxy) is 1. The van der Waals surface area contributed by atoms with Gasteiger partial charge in [-0.15, -0.1) is 0 Å². The Balaban J connectivity index is 2.04. The fourth-order valence-corrected chi connectivity index (χ4v) is 4.05. The highest BCUT2D eigenvalue weighted by molar-refractivity contribution is 14.1. The lowest BCUT2D eigenvalue weighted by Gasteiger charge is -2.31. The number of rotatable bonds is 11. The summed E-state index contributed by atoms with van der Waals surface area (Å²) in [5.74, 6) is -1.08. The van der Waals surface area contributed by atoms with Gasteiger partial charge in [-0.05, 0) is 17.9 Å². The number of alkyl halides is 1. The zero-order valence-corrected chi connectivity index (χ0v) is 18.6. The first-order chi connectivity index (χ1) is 13.8. The van der Waals surface area contributed by atoms with Crippen LogP contribution in [0.15, 0.2) is 42.9 Å². The summed E-state index contributed by atoms with van der Waals surface area (Å²) in [6.45, 7) is 4.46. The molecular formula is C20H26IN3O5. The summed E-state index contributed by atoms with van der Waals surface area (Å²) < 4.78 is 6.97. The summed E-state index contributed by atoms with van der Waals surface area (Å²) in [6.07, 6.45) is 2.60. The molecule has 29 heavy (non-hydrogen) atoms. The summed E-state index contributed by atoms with van der Waals surface area (Å²) in [4.78, 5) is 28.7.